The highest BCUT2D eigenvalue weighted by Gasteiger charge is 2.29. The second-order valence-electron chi connectivity index (χ2n) is 7.14. The number of esters is 1. The Balaban J connectivity index is 1.70. The Kier molecular flexibility index (Phi) is 7.41. The van der Waals surface area contributed by atoms with Crippen LogP contribution in [0.2, 0.25) is 0 Å². The molecule has 0 radical (unpaired) electrons. The standard InChI is InChI=1S/C21H22FN3O7S/c1-13(20(27)24-15-4-2-14(3-5-15)19(23)26)32-21(28)17-12-16(6-7-18(17)22)33(29,30)25-8-10-31-11-9-25/h2-7,12-13H,8-11H2,1H3,(H2,23,26)(H,24,27). The molecule has 1 unspecified atom stereocenters. The smallest absolute Gasteiger partial charge is 0.341 e. The van der Waals surface area contributed by atoms with Gasteiger partial charge in [0, 0.05) is 24.3 Å². The first-order chi connectivity index (χ1) is 15.6. The van der Waals surface area contributed by atoms with E-state index in [0.717, 1.165) is 18.2 Å². The van der Waals surface area contributed by atoms with Gasteiger partial charge in [0.05, 0.1) is 23.7 Å². The molecular formula is C21H22FN3O7S. The van der Waals surface area contributed by atoms with E-state index in [9.17, 15) is 27.2 Å². The summed E-state index contributed by atoms with van der Waals surface area (Å²) in [6.07, 6.45) is -1.33. The Bertz CT molecular complexity index is 1160. The molecule has 0 bridgehead atoms. The van der Waals surface area contributed by atoms with E-state index in [0.29, 0.717) is 5.69 Å². The Morgan fingerprint density at radius 3 is 2.36 bits per heavy atom. The van der Waals surface area contributed by atoms with Crippen molar-refractivity contribution in [3.05, 3.63) is 59.4 Å². The molecule has 2 amide bonds. The Labute approximate surface area is 189 Å². The molecule has 0 saturated carbocycles. The van der Waals surface area contributed by atoms with Gasteiger partial charge in [0.1, 0.15) is 5.82 Å². The second kappa shape index (κ2) is 10.1. The van der Waals surface area contributed by atoms with Crippen LogP contribution >= 0.6 is 0 Å². The number of nitrogens with one attached hydrogen (secondary N) is 1. The summed E-state index contributed by atoms with van der Waals surface area (Å²) in [6.45, 7) is 2.01. The van der Waals surface area contributed by atoms with Crippen LogP contribution in [0.4, 0.5) is 10.1 Å². The van der Waals surface area contributed by atoms with Gasteiger partial charge in [-0.15, -0.1) is 0 Å². The van der Waals surface area contributed by atoms with Crippen LogP contribution in [0.15, 0.2) is 47.4 Å². The number of ether oxygens (including phenoxy) is 2. The molecular weight excluding hydrogens is 457 g/mol. The number of nitrogens with zero attached hydrogens (tertiary/aromatic N) is 1. The molecule has 3 rings (SSSR count). The maximum absolute atomic E-state index is 14.3. The topological polar surface area (TPSA) is 145 Å². The van der Waals surface area contributed by atoms with Crippen molar-refractivity contribution in [2.75, 3.05) is 31.6 Å². The minimum atomic E-state index is -3.96. The summed E-state index contributed by atoms with van der Waals surface area (Å²) in [7, 11) is -3.96. The molecule has 1 aliphatic heterocycles. The fourth-order valence-electron chi connectivity index (χ4n) is 3.00. The van der Waals surface area contributed by atoms with Gasteiger partial charge in [0.25, 0.3) is 5.91 Å². The third-order valence-electron chi connectivity index (χ3n) is 4.86. The van der Waals surface area contributed by atoms with Crippen LogP contribution in [-0.4, -0.2) is 62.9 Å². The molecule has 0 aromatic heterocycles. The molecule has 2 aromatic carbocycles. The summed E-state index contributed by atoms with van der Waals surface area (Å²) in [5, 5.41) is 2.48. The van der Waals surface area contributed by atoms with Crippen LogP contribution in [0.5, 0.6) is 0 Å². The van der Waals surface area contributed by atoms with Crippen molar-refractivity contribution in [2.45, 2.75) is 17.9 Å². The Hall–Kier alpha value is -3.35. The quantitative estimate of drug-likeness (QED) is 0.566. The van der Waals surface area contributed by atoms with Crippen LogP contribution in [0, 0.1) is 5.82 Å². The molecule has 33 heavy (non-hydrogen) atoms. The van der Waals surface area contributed by atoms with Gasteiger partial charge in [0.2, 0.25) is 15.9 Å². The number of anilines is 1. The summed E-state index contributed by atoms with van der Waals surface area (Å²) >= 11 is 0. The highest BCUT2D eigenvalue weighted by molar-refractivity contribution is 7.89. The average molecular weight is 479 g/mol. The zero-order chi connectivity index (χ0) is 24.2. The summed E-state index contributed by atoms with van der Waals surface area (Å²) < 4.78 is 51.2. The zero-order valence-corrected chi connectivity index (χ0v) is 18.4. The van der Waals surface area contributed by atoms with Crippen LogP contribution in [-0.2, 0) is 24.3 Å². The van der Waals surface area contributed by atoms with E-state index >= 15 is 0 Å². The lowest BCUT2D eigenvalue weighted by atomic mass is 10.2. The molecule has 0 spiro atoms. The molecule has 0 aliphatic carbocycles. The van der Waals surface area contributed by atoms with E-state index in [1.165, 1.54) is 35.5 Å². The largest absolute Gasteiger partial charge is 0.449 e. The number of amides is 2. The molecule has 10 nitrogen and oxygen atoms in total. The predicted octanol–water partition coefficient (Wildman–Crippen LogP) is 1.13. The van der Waals surface area contributed by atoms with E-state index in [2.05, 4.69) is 5.32 Å². The van der Waals surface area contributed by atoms with Gasteiger partial charge < -0.3 is 20.5 Å². The summed E-state index contributed by atoms with van der Waals surface area (Å²) in [5.74, 6) is -3.53. The van der Waals surface area contributed by atoms with Crippen molar-refractivity contribution in [3.8, 4) is 0 Å². The predicted molar refractivity (Wildman–Crippen MR) is 114 cm³/mol. The zero-order valence-electron chi connectivity index (χ0n) is 17.6. The minimum Gasteiger partial charge on any atom is -0.449 e. The molecule has 1 fully saturated rings. The third-order valence-corrected chi connectivity index (χ3v) is 6.75. The van der Waals surface area contributed by atoms with Crippen molar-refractivity contribution in [1.82, 2.24) is 4.31 Å². The van der Waals surface area contributed by atoms with E-state index in [4.69, 9.17) is 15.2 Å². The highest BCUT2D eigenvalue weighted by Crippen LogP contribution is 2.21. The Morgan fingerprint density at radius 2 is 1.76 bits per heavy atom. The number of rotatable bonds is 7. The van der Waals surface area contributed by atoms with E-state index in [-0.39, 0.29) is 36.8 Å². The van der Waals surface area contributed by atoms with Gasteiger partial charge in [0.15, 0.2) is 6.10 Å². The van der Waals surface area contributed by atoms with Gasteiger partial charge in [-0.3, -0.25) is 9.59 Å². The first kappa shape index (κ1) is 24.3. The number of sulfonamides is 1. The van der Waals surface area contributed by atoms with Crippen LogP contribution in [0.25, 0.3) is 0 Å². The monoisotopic (exact) mass is 479 g/mol. The summed E-state index contributed by atoms with van der Waals surface area (Å²) in [4.78, 5) is 35.6. The number of benzene rings is 2. The number of carbonyl (C=O) groups is 3. The van der Waals surface area contributed by atoms with Crippen molar-refractivity contribution in [2.24, 2.45) is 5.73 Å². The van der Waals surface area contributed by atoms with Gasteiger partial charge >= 0.3 is 5.97 Å². The van der Waals surface area contributed by atoms with Crippen LogP contribution in [0.3, 0.4) is 0 Å². The van der Waals surface area contributed by atoms with Crippen LogP contribution in [0.1, 0.15) is 27.6 Å². The molecule has 3 N–H and O–H groups in total. The van der Waals surface area contributed by atoms with E-state index in [1.807, 2.05) is 0 Å². The first-order valence-corrected chi connectivity index (χ1v) is 11.3. The minimum absolute atomic E-state index is 0.136. The SMILES string of the molecule is CC(OC(=O)c1cc(S(=O)(=O)N2CCOCC2)ccc1F)C(=O)Nc1ccc(C(N)=O)cc1. The fourth-order valence-corrected chi connectivity index (χ4v) is 4.43. The lowest BCUT2D eigenvalue weighted by Crippen LogP contribution is -2.40. The highest BCUT2D eigenvalue weighted by atomic mass is 32.2. The van der Waals surface area contributed by atoms with Gasteiger partial charge in [-0.05, 0) is 49.4 Å². The van der Waals surface area contributed by atoms with Crippen molar-refractivity contribution < 1.29 is 36.7 Å². The first-order valence-electron chi connectivity index (χ1n) is 9.89. The van der Waals surface area contributed by atoms with E-state index in [1.54, 1.807) is 0 Å². The van der Waals surface area contributed by atoms with Crippen molar-refractivity contribution in [1.29, 1.82) is 0 Å². The molecule has 1 heterocycles. The molecule has 2 aromatic rings. The molecule has 1 aliphatic rings. The normalized spacial score (nSPS) is 15.5. The lowest BCUT2D eigenvalue weighted by molar-refractivity contribution is -0.123. The maximum atomic E-state index is 14.3. The third kappa shape index (κ3) is 5.72. The van der Waals surface area contributed by atoms with Gasteiger partial charge in [-0.2, -0.15) is 4.31 Å². The number of hydrogen-bond donors (Lipinski definition) is 2. The number of morpholine rings is 1. The number of primary amides is 1. The van der Waals surface area contributed by atoms with Gasteiger partial charge in [-0.25, -0.2) is 17.6 Å². The van der Waals surface area contributed by atoms with E-state index < -0.39 is 45.3 Å². The number of nitrogens with two attached hydrogens (primary N) is 1. The fraction of sp³-hybridized carbons (Fsp3) is 0.286. The number of carbonyl (C=O) groups excluding carboxylic acids is 3. The molecule has 1 atom stereocenters. The average Bonchev–Trinajstić information content (AvgIpc) is 2.80. The number of halogens is 1. The summed E-state index contributed by atoms with van der Waals surface area (Å²) in [6, 6.07) is 8.49. The van der Waals surface area contributed by atoms with Crippen LogP contribution < -0.4 is 11.1 Å². The molecule has 12 heteroatoms. The van der Waals surface area contributed by atoms with Gasteiger partial charge in [-0.1, -0.05) is 0 Å². The Morgan fingerprint density at radius 1 is 1.12 bits per heavy atom. The molecule has 1 saturated heterocycles. The maximum Gasteiger partial charge on any atom is 0.341 e. The summed E-state index contributed by atoms with van der Waals surface area (Å²) in [5.41, 5.74) is 5.10. The van der Waals surface area contributed by atoms with Crippen molar-refractivity contribution in [3.63, 3.8) is 0 Å². The molecule has 176 valence electrons. The lowest BCUT2D eigenvalue weighted by Gasteiger charge is -2.26. The number of hydrogen-bond acceptors (Lipinski definition) is 7. The second-order valence-corrected chi connectivity index (χ2v) is 9.07. The van der Waals surface area contributed by atoms with Crippen molar-refractivity contribution >= 4 is 33.5 Å².